The Morgan fingerprint density at radius 2 is 1.62 bits per heavy atom. The normalized spacial score (nSPS) is 12.8. The van der Waals surface area contributed by atoms with Crippen molar-refractivity contribution in [3.05, 3.63) is 0 Å². The third-order valence-corrected chi connectivity index (χ3v) is 4.16. The molecule has 0 radical (unpaired) electrons. The molecule has 0 saturated heterocycles. The highest BCUT2D eigenvalue weighted by molar-refractivity contribution is 14.4. The maximum atomic E-state index is 3.48. The third-order valence-electron chi connectivity index (χ3n) is 0.452. The molecule has 0 amide bonds. The van der Waals surface area contributed by atoms with Crippen LogP contribution in [0.3, 0.4) is 0 Å². The lowest BCUT2D eigenvalue weighted by Crippen LogP contribution is -2.37. The van der Waals surface area contributed by atoms with Crippen molar-refractivity contribution in [2.24, 2.45) is 0 Å². The summed E-state index contributed by atoms with van der Waals surface area (Å²) in [6.45, 7) is 4.36. The molecule has 0 aromatic heterocycles. The van der Waals surface area contributed by atoms with E-state index >= 15 is 0 Å². The molecule has 0 rings (SSSR count). The second-order valence-corrected chi connectivity index (χ2v) is 36.2. The monoisotopic (exact) mass is 467 g/mol. The predicted molar refractivity (Wildman–Crippen MR) is 66.1 cm³/mol. The Hall–Kier alpha value is 2.37. The largest absolute Gasteiger partial charge is 0.326 e. The maximum Gasteiger partial charge on any atom is 0.326 e. The molecule has 50 valence electrons. The van der Waals surface area contributed by atoms with Crippen LogP contribution in [0.25, 0.3) is 0 Å². The van der Waals surface area contributed by atoms with Crippen LogP contribution < -0.4 is 4.98 Å². The van der Waals surface area contributed by atoms with Gasteiger partial charge in [0.2, 0.25) is 0 Å². The van der Waals surface area contributed by atoms with Crippen LogP contribution in [0.5, 0.6) is 0 Å². The van der Waals surface area contributed by atoms with Crippen molar-refractivity contribution in [3.8, 4) is 0 Å². The van der Waals surface area contributed by atoms with Gasteiger partial charge in [0.05, 0.1) is 0 Å². The minimum atomic E-state index is -1.06. The summed E-state index contributed by atoms with van der Waals surface area (Å²) in [5.74, 6) is 0. The third kappa shape index (κ3) is 8.37. The number of rotatable bonds is 2. The molecule has 8 heavy (non-hydrogen) atoms. The molecule has 1 nitrogen and oxygen atoms in total. The van der Waals surface area contributed by atoms with E-state index in [0.29, 0.717) is 6.04 Å². The van der Waals surface area contributed by atoms with E-state index < -0.39 is 0.725 Å². The lowest BCUT2D eigenvalue weighted by molar-refractivity contribution is 0.758. The molecule has 0 bridgehead atoms. The SMILES string of the molecule is CC(C)N[Si](I)(I)I. The first-order chi connectivity index (χ1) is 3.42. The summed E-state index contributed by atoms with van der Waals surface area (Å²) in [5, 5.41) is 0. The van der Waals surface area contributed by atoms with Crippen molar-refractivity contribution >= 4 is 66.1 Å². The Kier molecular flexibility index (Phi) is 5.56. The molecule has 0 atom stereocenters. The van der Waals surface area contributed by atoms with Gasteiger partial charge in [-0.05, 0) is 6.04 Å². The molecule has 5 heteroatoms. The zero-order chi connectivity index (χ0) is 6.78. The average molecular weight is 467 g/mol. The van der Waals surface area contributed by atoms with Crippen LogP contribution in [0.15, 0.2) is 0 Å². The Balaban J connectivity index is 3.39. The smallest absolute Gasteiger partial charge is 0.312 e. The van der Waals surface area contributed by atoms with Crippen molar-refractivity contribution < 1.29 is 0 Å². The van der Waals surface area contributed by atoms with E-state index in [0.717, 1.165) is 0 Å². The van der Waals surface area contributed by atoms with Gasteiger partial charge in [-0.15, -0.1) is 0 Å². The number of nitrogens with one attached hydrogen (secondary N) is 1. The molecule has 0 aromatic rings. The van der Waals surface area contributed by atoms with Crippen LogP contribution >= 0.6 is 65.4 Å². The fraction of sp³-hybridized carbons (Fsp3) is 1.00. The number of hydrogen-bond acceptors (Lipinski definition) is 1. The van der Waals surface area contributed by atoms with Gasteiger partial charge in [-0.2, -0.15) is 0 Å². The van der Waals surface area contributed by atoms with Crippen molar-refractivity contribution in [2.45, 2.75) is 19.9 Å². The first-order valence-electron chi connectivity index (χ1n) is 2.26. The quantitative estimate of drug-likeness (QED) is 0.375. The molecule has 0 unspecified atom stereocenters. The molecule has 0 aliphatic heterocycles. The molecule has 0 heterocycles. The van der Waals surface area contributed by atoms with Gasteiger partial charge in [-0.25, -0.2) is 0 Å². The van der Waals surface area contributed by atoms with Crippen LogP contribution in [-0.2, 0) is 0 Å². The van der Waals surface area contributed by atoms with E-state index in [4.69, 9.17) is 0 Å². The molecule has 0 saturated carbocycles. The Bertz CT molecular complexity index is 69.4. The summed E-state index contributed by atoms with van der Waals surface area (Å²) in [7, 11) is 0. The van der Waals surface area contributed by atoms with Crippen LogP contribution in [0.4, 0.5) is 0 Å². The van der Waals surface area contributed by atoms with E-state index in [1.165, 1.54) is 0 Å². The molecular weight excluding hydrogens is 459 g/mol. The highest BCUT2D eigenvalue weighted by Crippen LogP contribution is 2.25. The summed E-state index contributed by atoms with van der Waals surface area (Å²) in [6.07, 6.45) is 0. The molecular formula is C3H8I3NSi. The molecule has 0 spiro atoms. The van der Waals surface area contributed by atoms with Crippen LogP contribution in [-0.4, -0.2) is 6.77 Å². The summed E-state index contributed by atoms with van der Waals surface area (Å²) < 4.78 is -1.06. The van der Waals surface area contributed by atoms with Gasteiger partial charge in [-0.1, -0.05) is 79.2 Å². The first kappa shape index (κ1) is 10.4. The Morgan fingerprint density at radius 3 is 1.62 bits per heavy atom. The van der Waals surface area contributed by atoms with Crippen molar-refractivity contribution in [2.75, 3.05) is 0 Å². The molecule has 0 fully saturated rings. The molecule has 1 N–H and O–H groups in total. The van der Waals surface area contributed by atoms with Crippen LogP contribution in [0, 0.1) is 0 Å². The lowest BCUT2D eigenvalue weighted by Gasteiger charge is -2.14. The van der Waals surface area contributed by atoms with Gasteiger partial charge in [-0.3, -0.25) is 0 Å². The van der Waals surface area contributed by atoms with Gasteiger partial charge in [0.1, 0.15) is 0 Å². The number of halogens is 3. The van der Waals surface area contributed by atoms with Crippen LogP contribution in [0.1, 0.15) is 13.8 Å². The average Bonchev–Trinajstić information content (AvgIpc) is 1.21. The Morgan fingerprint density at radius 1 is 1.25 bits per heavy atom. The standard InChI is InChI=1S/C3H8I3NSi/c1-3(2)7-8(4,5)6/h3,7H,1-2H3. The summed E-state index contributed by atoms with van der Waals surface area (Å²) >= 11 is 7.48. The van der Waals surface area contributed by atoms with Gasteiger partial charge in [0, 0.05) is 0 Å². The Labute approximate surface area is 89.5 Å². The highest BCUT2D eigenvalue weighted by atomic mass is 127. The van der Waals surface area contributed by atoms with Gasteiger partial charge in [0.15, 0.2) is 0 Å². The zero-order valence-electron chi connectivity index (χ0n) is 4.71. The topological polar surface area (TPSA) is 12.0 Å². The van der Waals surface area contributed by atoms with Gasteiger partial charge >= 0.3 is 0.725 Å². The van der Waals surface area contributed by atoms with E-state index in [2.05, 4.69) is 84.2 Å². The highest BCUT2D eigenvalue weighted by Gasteiger charge is 2.21. The lowest BCUT2D eigenvalue weighted by atomic mass is 10.4. The second kappa shape index (κ2) is 4.29. The number of hydrogen-bond donors (Lipinski definition) is 1. The second-order valence-electron chi connectivity index (χ2n) is 1.80. The summed E-state index contributed by atoms with van der Waals surface area (Å²) in [4.78, 5) is 3.48. The molecule has 0 aromatic carbocycles. The van der Waals surface area contributed by atoms with E-state index in [1.54, 1.807) is 0 Å². The van der Waals surface area contributed by atoms with Crippen molar-refractivity contribution in [1.29, 1.82) is 0 Å². The molecule has 0 aliphatic rings. The molecule has 0 aliphatic carbocycles. The van der Waals surface area contributed by atoms with Crippen molar-refractivity contribution in [1.82, 2.24) is 4.98 Å². The van der Waals surface area contributed by atoms with Gasteiger partial charge < -0.3 is 4.98 Å². The predicted octanol–water partition coefficient (Wildman–Crippen LogP) is 2.73. The minimum absolute atomic E-state index is 0.632. The summed E-state index contributed by atoms with van der Waals surface area (Å²) in [5.41, 5.74) is 0. The fourth-order valence-corrected chi connectivity index (χ4v) is 6.59. The van der Waals surface area contributed by atoms with Crippen LogP contribution in [0.2, 0.25) is 0 Å². The van der Waals surface area contributed by atoms with E-state index in [9.17, 15) is 0 Å². The minimum Gasteiger partial charge on any atom is -0.312 e. The van der Waals surface area contributed by atoms with E-state index in [-0.39, 0.29) is 0 Å². The van der Waals surface area contributed by atoms with Gasteiger partial charge in [0.25, 0.3) is 0 Å². The maximum absolute atomic E-state index is 3.48. The summed E-state index contributed by atoms with van der Waals surface area (Å²) in [6, 6.07) is 0.632. The fourth-order valence-electron chi connectivity index (χ4n) is 0.327. The zero-order valence-corrected chi connectivity index (χ0v) is 12.2. The first-order valence-corrected chi connectivity index (χ1v) is 13.6. The van der Waals surface area contributed by atoms with E-state index in [1.807, 2.05) is 0 Å². The van der Waals surface area contributed by atoms with Crippen molar-refractivity contribution in [3.63, 3.8) is 0 Å².